The normalized spacial score (nSPS) is 12.1. The Morgan fingerprint density at radius 2 is 0.964 bits per heavy atom. The number of hydrogen-bond donors (Lipinski definition) is 0. The first kappa shape index (κ1) is 32.0. The van der Waals surface area contributed by atoms with Crippen molar-refractivity contribution in [3.05, 3.63) is 200 Å². The first-order valence-corrected chi connectivity index (χ1v) is 21.1. The molecule has 3 aromatic heterocycles. The maximum Gasteiger partial charge on any atom is 0.171 e. The van der Waals surface area contributed by atoms with Crippen molar-refractivity contribution in [1.29, 1.82) is 0 Å². The number of nitrogens with zero attached hydrogens (tertiary/aromatic N) is 2. The van der Waals surface area contributed by atoms with Gasteiger partial charge >= 0.3 is 0 Å². The summed E-state index contributed by atoms with van der Waals surface area (Å²) in [7, 11) is -3.22. The summed E-state index contributed by atoms with van der Waals surface area (Å²) in [5, 5.41) is 8.62. The van der Waals surface area contributed by atoms with Gasteiger partial charge in [-0.05, 0) is 59.7 Å². The highest BCUT2D eigenvalue weighted by atomic mass is 32.1. The van der Waals surface area contributed by atoms with Crippen molar-refractivity contribution in [1.82, 2.24) is 9.13 Å². The van der Waals surface area contributed by atoms with Gasteiger partial charge < -0.3 is 4.57 Å². The van der Waals surface area contributed by atoms with Crippen LogP contribution in [-0.2, 0) is 4.57 Å². The molecule has 0 amide bonds. The number of para-hydroxylation sites is 2. The predicted molar refractivity (Wildman–Crippen MR) is 235 cm³/mol. The third-order valence-electron chi connectivity index (χ3n) is 11.0. The minimum Gasteiger partial charge on any atom is -0.309 e. The Bertz CT molecular complexity index is 3240. The maximum atomic E-state index is 15.6. The quantitative estimate of drug-likeness (QED) is 0.156. The van der Waals surface area contributed by atoms with Gasteiger partial charge in [0.2, 0.25) is 0 Å². The smallest absolute Gasteiger partial charge is 0.171 e. The fourth-order valence-electron chi connectivity index (χ4n) is 8.57. The van der Waals surface area contributed by atoms with E-state index in [1.807, 2.05) is 78.1 Å². The summed E-state index contributed by atoms with van der Waals surface area (Å²) in [6.45, 7) is 0. The third kappa shape index (κ3) is 4.86. The fourth-order valence-corrected chi connectivity index (χ4v) is 12.4. The van der Waals surface area contributed by atoms with Gasteiger partial charge in [0.25, 0.3) is 0 Å². The molecule has 0 fully saturated rings. The molecule has 0 spiro atoms. The summed E-state index contributed by atoms with van der Waals surface area (Å²) in [5.41, 5.74) is 7.75. The number of thiophene rings is 1. The Morgan fingerprint density at radius 1 is 0.400 bits per heavy atom. The maximum absolute atomic E-state index is 15.6. The lowest BCUT2D eigenvalue weighted by molar-refractivity contribution is 0.592. The van der Waals surface area contributed by atoms with Crippen molar-refractivity contribution in [2.24, 2.45) is 0 Å². The second-order valence-corrected chi connectivity index (χ2v) is 17.9. The van der Waals surface area contributed by atoms with Crippen LogP contribution < -0.4 is 15.9 Å². The number of hydrogen-bond acceptors (Lipinski definition) is 2. The molecule has 3 nitrogen and oxygen atoms in total. The first-order chi connectivity index (χ1) is 27.2. The zero-order chi connectivity index (χ0) is 36.5. The summed E-state index contributed by atoms with van der Waals surface area (Å²) in [4.78, 5) is 0. The van der Waals surface area contributed by atoms with Gasteiger partial charge in [-0.3, -0.25) is 9.13 Å². The molecule has 260 valence electrons. The summed E-state index contributed by atoms with van der Waals surface area (Å²) < 4.78 is 23.0. The summed E-state index contributed by atoms with van der Waals surface area (Å²) in [6, 6.07) is 70.0. The first-order valence-electron chi connectivity index (χ1n) is 18.5. The number of aromatic nitrogens is 2. The highest BCUT2D eigenvalue weighted by Crippen LogP contribution is 2.47. The minimum atomic E-state index is -3.22. The van der Waals surface area contributed by atoms with Crippen LogP contribution >= 0.6 is 18.5 Å². The molecule has 0 aliphatic rings. The molecule has 0 N–H and O–H groups in total. The molecule has 55 heavy (non-hydrogen) atoms. The zero-order valence-corrected chi connectivity index (χ0v) is 31.4. The van der Waals surface area contributed by atoms with Gasteiger partial charge in [-0.1, -0.05) is 152 Å². The van der Waals surface area contributed by atoms with Crippen LogP contribution in [0.5, 0.6) is 0 Å². The lowest BCUT2D eigenvalue weighted by Gasteiger charge is -2.21. The zero-order valence-electron chi connectivity index (χ0n) is 29.7. The topological polar surface area (TPSA) is 26.9 Å². The highest BCUT2D eigenvalue weighted by Gasteiger charge is 2.31. The van der Waals surface area contributed by atoms with Crippen LogP contribution in [0.2, 0.25) is 0 Å². The van der Waals surface area contributed by atoms with E-state index in [-0.39, 0.29) is 0 Å². The van der Waals surface area contributed by atoms with E-state index in [0.29, 0.717) is 0 Å². The SMILES string of the molecule is O=P(c1ccccc1)(c1ccccc1)c1cccc(-n2c3ccccc3c3c4c(-c5ccc6c(c5)sc5ccccc56)cccc4n(-c4ccccc4)c32)c1. The standard InChI is InChI=1S/C50H33N2OPS/c53-54(37-19-6-2-7-20-37,38-21-8-3-9-22-38)39-23-14-18-36(33-39)52-44-27-12-10-25-43(44)49-48-40(26-15-28-45(48)51(50(49)52)35-16-4-1-5-17-35)34-30-31-42-41-24-11-13-29-46(41)55-47(42)32-34/h1-33H. The molecule has 0 unspecified atom stereocenters. The van der Waals surface area contributed by atoms with Gasteiger partial charge in [0, 0.05) is 63.6 Å². The third-order valence-corrected chi connectivity index (χ3v) is 15.2. The minimum absolute atomic E-state index is 0.799. The van der Waals surface area contributed by atoms with E-state index in [1.54, 1.807) is 0 Å². The van der Waals surface area contributed by atoms with Gasteiger partial charge in [-0.25, -0.2) is 0 Å². The van der Waals surface area contributed by atoms with Crippen LogP contribution in [-0.4, -0.2) is 9.13 Å². The number of rotatable bonds is 6. The van der Waals surface area contributed by atoms with E-state index in [9.17, 15) is 0 Å². The molecule has 11 rings (SSSR count). The van der Waals surface area contributed by atoms with Gasteiger partial charge in [0.15, 0.2) is 7.14 Å². The second-order valence-electron chi connectivity index (χ2n) is 14.0. The molecule has 8 aromatic carbocycles. The van der Waals surface area contributed by atoms with E-state index in [1.165, 1.54) is 47.5 Å². The molecule has 0 atom stereocenters. The molecule has 3 heterocycles. The largest absolute Gasteiger partial charge is 0.309 e. The molecular formula is C50H33N2OPS. The summed E-state index contributed by atoms with van der Waals surface area (Å²) in [5.74, 6) is 0. The second kappa shape index (κ2) is 12.6. The number of fused-ring (bicyclic) bond motifs is 8. The molecule has 11 aromatic rings. The van der Waals surface area contributed by atoms with Crippen LogP contribution in [0.3, 0.4) is 0 Å². The van der Waals surface area contributed by atoms with Crippen molar-refractivity contribution in [3.8, 4) is 22.5 Å². The molecular weight excluding hydrogens is 708 g/mol. The molecule has 5 heteroatoms. The van der Waals surface area contributed by atoms with Crippen LogP contribution in [0.1, 0.15) is 0 Å². The van der Waals surface area contributed by atoms with E-state index in [4.69, 9.17) is 0 Å². The Kier molecular flexibility index (Phi) is 7.32. The molecule has 0 aliphatic carbocycles. The van der Waals surface area contributed by atoms with Crippen LogP contribution in [0.4, 0.5) is 0 Å². The van der Waals surface area contributed by atoms with Crippen molar-refractivity contribution in [2.45, 2.75) is 0 Å². The lowest BCUT2D eigenvalue weighted by atomic mass is 9.98. The van der Waals surface area contributed by atoms with Gasteiger partial charge in [0.1, 0.15) is 5.65 Å². The molecule has 0 aliphatic heterocycles. The van der Waals surface area contributed by atoms with Crippen molar-refractivity contribution < 1.29 is 4.57 Å². The fraction of sp³-hybridized carbons (Fsp3) is 0. The van der Waals surface area contributed by atoms with E-state index in [0.717, 1.165) is 44.0 Å². The number of benzene rings is 8. The van der Waals surface area contributed by atoms with Gasteiger partial charge in [0.05, 0.1) is 11.0 Å². The average Bonchev–Trinajstić information content (AvgIpc) is 3.91. The molecule has 0 bridgehead atoms. The van der Waals surface area contributed by atoms with Crippen molar-refractivity contribution in [2.75, 3.05) is 0 Å². The highest BCUT2D eigenvalue weighted by molar-refractivity contribution is 7.85. The van der Waals surface area contributed by atoms with Crippen LogP contribution in [0, 0.1) is 0 Å². The Labute approximate surface area is 322 Å². The average molecular weight is 741 g/mol. The summed E-state index contributed by atoms with van der Waals surface area (Å²) >= 11 is 1.85. The molecule has 0 saturated heterocycles. The van der Waals surface area contributed by atoms with E-state index >= 15 is 4.57 Å². The van der Waals surface area contributed by atoms with Gasteiger partial charge in [-0.15, -0.1) is 11.3 Å². The molecule has 0 saturated carbocycles. The van der Waals surface area contributed by atoms with Crippen molar-refractivity contribution >= 4 is 87.4 Å². The van der Waals surface area contributed by atoms with E-state index < -0.39 is 7.14 Å². The Morgan fingerprint density at radius 3 is 1.73 bits per heavy atom. The van der Waals surface area contributed by atoms with Crippen LogP contribution in [0.15, 0.2) is 200 Å². The Hall–Kier alpha value is -6.45. The van der Waals surface area contributed by atoms with Gasteiger partial charge in [-0.2, -0.15) is 0 Å². The van der Waals surface area contributed by atoms with Crippen LogP contribution in [0.25, 0.3) is 75.5 Å². The van der Waals surface area contributed by atoms with E-state index in [2.05, 4.69) is 143 Å². The Balaban J connectivity index is 1.23. The van der Waals surface area contributed by atoms with Crippen molar-refractivity contribution in [3.63, 3.8) is 0 Å². The lowest BCUT2D eigenvalue weighted by Crippen LogP contribution is -2.25. The molecule has 0 radical (unpaired) electrons. The monoisotopic (exact) mass is 740 g/mol. The summed E-state index contributed by atoms with van der Waals surface area (Å²) in [6.07, 6.45) is 0. The predicted octanol–water partition coefficient (Wildman–Crippen LogP) is 12.4.